The Morgan fingerprint density at radius 2 is 1.82 bits per heavy atom. The van der Waals surface area contributed by atoms with E-state index in [1.165, 1.54) is 16.6 Å². The lowest BCUT2D eigenvalue weighted by Gasteiger charge is -2.11. The van der Waals surface area contributed by atoms with Gasteiger partial charge in [0.2, 0.25) is 0 Å². The van der Waals surface area contributed by atoms with Gasteiger partial charge in [-0.2, -0.15) is 0 Å². The van der Waals surface area contributed by atoms with Crippen LogP contribution in [0.3, 0.4) is 0 Å². The second-order valence-corrected chi connectivity index (χ2v) is 5.62. The molecule has 0 aliphatic rings. The molecule has 0 radical (unpaired) electrons. The van der Waals surface area contributed by atoms with Crippen LogP contribution in [-0.4, -0.2) is 21.3 Å². The average molecular weight is 294 g/mol. The maximum atomic E-state index is 8.87. The summed E-state index contributed by atoms with van der Waals surface area (Å²) in [7, 11) is 0. The molecule has 2 aromatic heterocycles. The number of pyridine rings is 1. The normalized spacial score (nSPS) is 11.1. The molecule has 0 atom stereocenters. The number of aliphatic hydroxyl groups is 1. The quantitative estimate of drug-likeness (QED) is 0.661. The third kappa shape index (κ3) is 3.20. The van der Waals surface area contributed by atoms with Crippen LogP contribution in [-0.2, 0) is 6.54 Å². The Kier molecular flexibility index (Phi) is 4.86. The number of rotatable bonds is 7. The van der Waals surface area contributed by atoms with Crippen molar-refractivity contribution >= 4 is 10.9 Å². The number of para-hydroxylation sites is 1. The number of unbranched alkanes of at least 4 members (excludes halogenated alkanes) is 3. The first kappa shape index (κ1) is 14.8. The van der Waals surface area contributed by atoms with E-state index in [2.05, 4.69) is 45.9 Å². The largest absolute Gasteiger partial charge is 0.396 e. The van der Waals surface area contributed by atoms with Crippen molar-refractivity contribution in [1.29, 1.82) is 0 Å². The predicted octanol–water partition coefficient (Wildman–Crippen LogP) is 4.26. The fourth-order valence-electron chi connectivity index (χ4n) is 2.94. The number of aryl methyl sites for hydroxylation is 1. The predicted molar refractivity (Wildman–Crippen MR) is 90.7 cm³/mol. The van der Waals surface area contributed by atoms with Crippen LogP contribution in [0.15, 0.2) is 54.9 Å². The van der Waals surface area contributed by atoms with Crippen LogP contribution in [0, 0.1) is 0 Å². The van der Waals surface area contributed by atoms with E-state index in [4.69, 9.17) is 5.11 Å². The summed E-state index contributed by atoms with van der Waals surface area (Å²) in [4.78, 5) is 4.25. The second kappa shape index (κ2) is 7.23. The van der Waals surface area contributed by atoms with Crippen molar-refractivity contribution in [2.24, 2.45) is 0 Å². The summed E-state index contributed by atoms with van der Waals surface area (Å²) in [6.45, 7) is 1.30. The molecular formula is C19H22N2O. The third-order valence-corrected chi connectivity index (χ3v) is 4.06. The fourth-order valence-corrected chi connectivity index (χ4v) is 2.94. The van der Waals surface area contributed by atoms with Gasteiger partial charge >= 0.3 is 0 Å². The van der Waals surface area contributed by atoms with Gasteiger partial charge in [-0.05, 0) is 37.1 Å². The molecule has 0 unspecified atom stereocenters. The molecule has 3 nitrogen and oxygen atoms in total. The first-order valence-corrected chi connectivity index (χ1v) is 7.99. The van der Waals surface area contributed by atoms with Gasteiger partial charge in [-0.15, -0.1) is 0 Å². The third-order valence-electron chi connectivity index (χ3n) is 4.06. The zero-order valence-electron chi connectivity index (χ0n) is 12.8. The molecule has 0 aliphatic carbocycles. The van der Waals surface area contributed by atoms with E-state index < -0.39 is 0 Å². The van der Waals surface area contributed by atoms with Crippen LogP contribution in [0.5, 0.6) is 0 Å². The zero-order chi connectivity index (χ0) is 15.2. The van der Waals surface area contributed by atoms with E-state index in [9.17, 15) is 0 Å². The number of nitrogens with zero attached hydrogens (tertiary/aromatic N) is 2. The number of hydrogen-bond donors (Lipinski definition) is 1. The lowest BCUT2D eigenvalue weighted by molar-refractivity contribution is 0.282. The first-order chi connectivity index (χ1) is 10.9. The Hall–Kier alpha value is -2.13. The minimum absolute atomic E-state index is 0.299. The molecule has 2 heterocycles. The summed E-state index contributed by atoms with van der Waals surface area (Å²) in [6.07, 6.45) is 8.02. The number of fused-ring (bicyclic) bond motifs is 1. The minimum atomic E-state index is 0.299. The monoisotopic (exact) mass is 294 g/mol. The summed E-state index contributed by atoms with van der Waals surface area (Å²) >= 11 is 0. The topological polar surface area (TPSA) is 38.0 Å². The van der Waals surface area contributed by atoms with Gasteiger partial charge in [0.05, 0.1) is 5.69 Å². The van der Waals surface area contributed by atoms with Crippen molar-refractivity contribution in [2.45, 2.75) is 32.2 Å². The molecule has 0 amide bonds. The summed E-state index contributed by atoms with van der Waals surface area (Å²) in [5, 5.41) is 10.1. The van der Waals surface area contributed by atoms with Crippen molar-refractivity contribution in [3.8, 4) is 11.3 Å². The van der Waals surface area contributed by atoms with Gasteiger partial charge in [0.15, 0.2) is 0 Å². The molecule has 1 aromatic carbocycles. The number of aromatic nitrogens is 2. The van der Waals surface area contributed by atoms with Crippen molar-refractivity contribution in [3.05, 3.63) is 54.9 Å². The molecule has 0 bridgehead atoms. The van der Waals surface area contributed by atoms with Gasteiger partial charge < -0.3 is 9.67 Å². The Morgan fingerprint density at radius 1 is 0.955 bits per heavy atom. The van der Waals surface area contributed by atoms with Crippen molar-refractivity contribution in [1.82, 2.24) is 9.55 Å². The molecule has 0 saturated heterocycles. The van der Waals surface area contributed by atoms with E-state index >= 15 is 0 Å². The zero-order valence-corrected chi connectivity index (χ0v) is 12.8. The highest BCUT2D eigenvalue weighted by molar-refractivity contribution is 5.86. The van der Waals surface area contributed by atoms with E-state index in [0.717, 1.165) is 37.8 Å². The summed E-state index contributed by atoms with van der Waals surface area (Å²) in [6, 6.07) is 14.9. The maximum absolute atomic E-state index is 8.87. The number of aliphatic hydroxyl groups excluding tert-OH is 1. The molecule has 3 aromatic rings. The molecule has 3 rings (SSSR count). The molecule has 3 heteroatoms. The SMILES string of the molecule is OCCCCCCn1c(-c2cccnc2)cc2ccccc21. The molecular weight excluding hydrogens is 272 g/mol. The molecule has 22 heavy (non-hydrogen) atoms. The number of hydrogen-bond acceptors (Lipinski definition) is 2. The molecule has 0 spiro atoms. The maximum Gasteiger partial charge on any atom is 0.0506 e. The molecule has 0 aliphatic heterocycles. The van der Waals surface area contributed by atoms with Gasteiger partial charge in [-0.3, -0.25) is 4.98 Å². The standard InChI is InChI=1S/C19H22N2O/c22-13-6-2-1-5-12-21-18-10-4-3-8-16(18)14-19(21)17-9-7-11-20-15-17/h3-4,7-11,14-15,22H,1-2,5-6,12-13H2. The van der Waals surface area contributed by atoms with Crippen LogP contribution < -0.4 is 0 Å². The second-order valence-electron chi connectivity index (χ2n) is 5.62. The van der Waals surface area contributed by atoms with Crippen LogP contribution in [0.2, 0.25) is 0 Å². The summed E-state index contributed by atoms with van der Waals surface area (Å²) in [5.74, 6) is 0. The van der Waals surface area contributed by atoms with Crippen LogP contribution >= 0.6 is 0 Å². The Labute approximate surface area is 131 Å². The van der Waals surface area contributed by atoms with Gasteiger partial charge in [0.1, 0.15) is 0 Å². The molecule has 114 valence electrons. The van der Waals surface area contributed by atoms with Crippen LogP contribution in [0.4, 0.5) is 0 Å². The number of benzene rings is 1. The lowest BCUT2D eigenvalue weighted by Crippen LogP contribution is -2.00. The van der Waals surface area contributed by atoms with Gasteiger partial charge in [0.25, 0.3) is 0 Å². The van der Waals surface area contributed by atoms with Gasteiger partial charge in [-0.25, -0.2) is 0 Å². The highest BCUT2D eigenvalue weighted by Crippen LogP contribution is 2.28. The Morgan fingerprint density at radius 3 is 2.64 bits per heavy atom. The van der Waals surface area contributed by atoms with Gasteiger partial charge in [-0.1, -0.05) is 31.0 Å². The molecule has 1 N–H and O–H groups in total. The van der Waals surface area contributed by atoms with Crippen molar-refractivity contribution in [2.75, 3.05) is 6.61 Å². The average Bonchev–Trinajstić information content (AvgIpc) is 2.94. The molecule has 0 fully saturated rings. The van der Waals surface area contributed by atoms with Gasteiger partial charge in [0, 0.05) is 42.0 Å². The summed E-state index contributed by atoms with van der Waals surface area (Å²) in [5.41, 5.74) is 3.68. The van der Waals surface area contributed by atoms with Crippen molar-refractivity contribution in [3.63, 3.8) is 0 Å². The highest BCUT2D eigenvalue weighted by Gasteiger charge is 2.10. The minimum Gasteiger partial charge on any atom is -0.396 e. The smallest absolute Gasteiger partial charge is 0.0506 e. The Bertz CT molecular complexity index is 719. The Balaban J connectivity index is 1.88. The fraction of sp³-hybridized carbons (Fsp3) is 0.316. The van der Waals surface area contributed by atoms with Crippen LogP contribution in [0.1, 0.15) is 25.7 Å². The molecule has 0 saturated carbocycles. The first-order valence-electron chi connectivity index (χ1n) is 7.99. The van der Waals surface area contributed by atoms with E-state index in [1.54, 1.807) is 0 Å². The highest BCUT2D eigenvalue weighted by atomic mass is 16.2. The summed E-state index contributed by atoms with van der Waals surface area (Å²) < 4.78 is 2.39. The van der Waals surface area contributed by atoms with E-state index in [-0.39, 0.29) is 0 Å². The van der Waals surface area contributed by atoms with Crippen LogP contribution in [0.25, 0.3) is 22.2 Å². The van der Waals surface area contributed by atoms with E-state index in [1.807, 2.05) is 18.5 Å². The van der Waals surface area contributed by atoms with Crippen molar-refractivity contribution < 1.29 is 5.11 Å². The lowest BCUT2D eigenvalue weighted by atomic mass is 10.2. The van der Waals surface area contributed by atoms with E-state index in [0.29, 0.717) is 6.61 Å².